The number of nitrogens with zero attached hydrogens (tertiary/aromatic N) is 1. The van der Waals surface area contributed by atoms with E-state index in [1.165, 1.54) is 0 Å². The molecule has 136 valence electrons. The Labute approximate surface area is 159 Å². The zero-order chi connectivity index (χ0) is 18.8. The highest BCUT2D eigenvalue weighted by Crippen LogP contribution is 2.37. The van der Waals surface area contributed by atoms with Gasteiger partial charge in [0.05, 0.1) is 12.2 Å². The van der Waals surface area contributed by atoms with Crippen molar-refractivity contribution in [3.8, 4) is 17.0 Å². The van der Waals surface area contributed by atoms with Gasteiger partial charge in [-0.1, -0.05) is 35.9 Å². The van der Waals surface area contributed by atoms with Gasteiger partial charge < -0.3 is 10.1 Å². The largest absolute Gasteiger partial charge is 0.487 e. The molecule has 0 unspecified atom stereocenters. The van der Waals surface area contributed by atoms with Crippen LogP contribution < -0.4 is 10.1 Å². The van der Waals surface area contributed by atoms with Crippen LogP contribution in [0.15, 0.2) is 60.8 Å². The van der Waals surface area contributed by atoms with E-state index in [9.17, 15) is 4.79 Å². The van der Waals surface area contributed by atoms with Gasteiger partial charge in [-0.15, -0.1) is 0 Å². The van der Waals surface area contributed by atoms with Crippen molar-refractivity contribution in [2.24, 2.45) is 0 Å². The van der Waals surface area contributed by atoms with E-state index in [0.29, 0.717) is 12.1 Å². The summed E-state index contributed by atoms with van der Waals surface area (Å²) in [5, 5.41) is 3.02. The van der Waals surface area contributed by atoms with Gasteiger partial charge in [0.1, 0.15) is 11.9 Å². The van der Waals surface area contributed by atoms with Crippen LogP contribution in [0.1, 0.15) is 27.0 Å². The van der Waals surface area contributed by atoms with Gasteiger partial charge in [-0.3, -0.25) is 9.78 Å². The van der Waals surface area contributed by atoms with Crippen molar-refractivity contribution in [3.63, 3.8) is 0 Å². The second-order valence-electron chi connectivity index (χ2n) is 6.98. The summed E-state index contributed by atoms with van der Waals surface area (Å²) in [6, 6.07) is 17.8. The SMILES string of the molecule is Cc1ccc(C(=O)NC[C@H]2Cc3cccc(-c4ccccn4)c3O2)c(C)c1. The molecule has 1 amide bonds. The van der Waals surface area contributed by atoms with Crippen molar-refractivity contribution in [1.29, 1.82) is 0 Å². The number of amides is 1. The van der Waals surface area contributed by atoms with E-state index in [2.05, 4.69) is 16.4 Å². The molecule has 0 aliphatic carbocycles. The fourth-order valence-electron chi connectivity index (χ4n) is 3.55. The maximum atomic E-state index is 12.5. The van der Waals surface area contributed by atoms with Crippen LogP contribution in [0.2, 0.25) is 0 Å². The first-order valence-corrected chi connectivity index (χ1v) is 9.17. The van der Waals surface area contributed by atoms with Crippen LogP contribution in [-0.4, -0.2) is 23.5 Å². The number of carbonyl (C=O) groups is 1. The summed E-state index contributed by atoms with van der Waals surface area (Å²) >= 11 is 0. The molecule has 2 heterocycles. The summed E-state index contributed by atoms with van der Waals surface area (Å²) in [4.78, 5) is 17.0. The zero-order valence-electron chi connectivity index (χ0n) is 15.5. The van der Waals surface area contributed by atoms with E-state index in [4.69, 9.17) is 4.74 Å². The molecule has 0 spiro atoms. The smallest absolute Gasteiger partial charge is 0.251 e. The van der Waals surface area contributed by atoms with Crippen molar-refractivity contribution in [1.82, 2.24) is 10.3 Å². The van der Waals surface area contributed by atoms with Crippen molar-refractivity contribution in [3.05, 3.63) is 83.0 Å². The average Bonchev–Trinajstić information content (AvgIpc) is 3.10. The van der Waals surface area contributed by atoms with Crippen LogP contribution in [0.5, 0.6) is 5.75 Å². The molecule has 1 aromatic heterocycles. The fourth-order valence-corrected chi connectivity index (χ4v) is 3.55. The van der Waals surface area contributed by atoms with Crippen molar-refractivity contribution >= 4 is 5.91 Å². The second-order valence-corrected chi connectivity index (χ2v) is 6.98. The number of aromatic nitrogens is 1. The highest BCUT2D eigenvalue weighted by atomic mass is 16.5. The number of benzene rings is 2. The van der Waals surface area contributed by atoms with Crippen LogP contribution in [-0.2, 0) is 6.42 Å². The lowest BCUT2D eigenvalue weighted by Crippen LogP contribution is -2.34. The number of rotatable bonds is 4. The lowest BCUT2D eigenvalue weighted by molar-refractivity contribution is 0.0933. The first-order valence-electron chi connectivity index (χ1n) is 9.17. The summed E-state index contributed by atoms with van der Waals surface area (Å²) < 4.78 is 6.17. The Morgan fingerprint density at radius 1 is 1.15 bits per heavy atom. The van der Waals surface area contributed by atoms with Gasteiger partial charge >= 0.3 is 0 Å². The summed E-state index contributed by atoms with van der Waals surface area (Å²) in [5.74, 6) is 0.818. The summed E-state index contributed by atoms with van der Waals surface area (Å²) in [6.07, 6.45) is 2.49. The Morgan fingerprint density at radius 2 is 2.04 bits per heavy atom. The second kappa shape index (κ2) is 7.23. The number of pyridine rings is 1. The molecule has 1 aliphatic heterocycles. The molecule has 1 N–H and O–H groups in total. The summed E-state index contributed by atoms with van der Waals surface area (Å²) in [5.41, 5.74) is 5.90. The van der Waals surface area contributed by atoms with Crippen LogP contribution in [0.3, 0.4) is 0 Å². The lowest BCUT2D eigenvalue weighted by atomic mass is 10.0. The first kappa shape index (κ1) is 17.3. The van der Waals surface area contributed by atoms with Crippen molar-refractivity contribution < 1.29 is 9.53 Å². The minimum Gasteiger partial charge on any atom is -0.487 e. The molecule has 0 bridgehead atoms. The summed E-state index contributed by atoms with van der Waals surface area (Å²) in [6.45, 7) is 4.46. The van der Waals surface area contributed by atoms with Gasteiger partial charge in [-0.05, 0) is 49.2 Å². The molecule has 2 aromatic carbocycles. The molecule has 4 rings (SSSR count). The maximum absolute atomic E-state index is 12.5. The lowest BCUT2D eigenvalue weighted by Gasteiger charge is -2.14. The van der Waals surface area contributed by atoms with Gasteiger partial charge in [0.2, 0.25) is 0 Å². The number of fused-ring (bicyclic) bond motifs is 1. The molecule has 1 aliphatic rings. The third-order valence-corrected chi connectivity index (χ3v) is 4.89. The monoisotopic (exact) mass is 358 g/mol. The van der Waals surface area contributed by atoms with Gasteiger partial charge in [0, 0.05) is 23.7 Å². The minimum absolute atomic E-state index is 0.0583. The Hall–Kier alpha value is -3.14. The Balaban J connectivity index is 1.46. The van der Waals surface area contributed by atoms with E-state index in [-0.39, 0.29) is 12.0 Å². The van der Waals surface area contributed by atoms with Crippen LogP contribution >= 0.6 is 0 Å². The Bertz CT molecular complexity index is 983. The van der Waals surface area contributed by atoms with Gasteiger partial charge in [-0.25, -0.2) is 0 Å². The standard InChI is InChI=1S/C23H22N2O2/c1-15-9-10-19(16(2)12-15)23(26)25-14-18-13-17-6-5-7-20(22(17)27-18)21-8-3-4-11-24-21/h3-12,18H,13-14H2,1-2H3,(H,25,26)/t18-/m1/s1. The van der Waals surface area contributed by atoms with Crippen molar-refractivity contribution in [2.45, 2.75) is 26.4 Å². The molecular weight excluding hydrogens is 336 g/mol. The molecule has 0 fully saturated rings. The van der Waals surface area contributed by atoms with Crippen molar-refractivity contribution in [2.75, 3.05) is 6.54 Å². The number of hydrogen-bond donors (Lipinski definition) is 1. The third kappa shape index (κ3) is 3.56. The van der Waals surface area contributed by atoms with E-state index in [0.717, 1.165) is 40.1 Å². The van der Waals surface area contributed by atoms with Crippen LogP contribution in [0.25, 0.3) is 11.3 Å². The van der Waals surface area contributed by atoms with Gasteiger partial charge in [-0.2, -0.15) is 0 Å². The Kier molecular flexibility index (Phi) is 4.63. The van der Waals surface area contributed by atoms with Gasteiger partial charge in [0.25, 0.3) is 5.91 Å². The van der Waals surface area contributed by atoms with Crippen LogP contribution in [0, 0.1) is 13.8 Å². The molecule has 0 radical (unpaired) electrons. The van der Waals surface area contributed by atoms with E-state index >= 15 is 0 Å². The summed E-state index contributed by atoms with van der Waals surface area (Å²) in [7, 11) is 0. The average molecular weight is 358 g/mol. The van der Waals surface area contributed by atoms with E-state index in [1.807, 2.05) is 62.4 Å². The topological polar surface area (TPSA) is 51.2 Å². The fraction of sp³-hybridized carbons (Fsp3) is 0.217. The van der Waals surface area contributed by atoms with E-state index < -0.39 is 0 Å². The molecular formula is C23H22N2O2. The number of para-hydroxylation sites is 1. The molecule has 4 nitrogen and oxygen atoms in total. The molecule has 3 aromatic rings. The highest BCUT2D eigenvalue weighted by Gasteiger charge is 2.26. The maximum Gasteiger partial charge on any atom is 0.251 e. The van der Waals surface area contributed by atoms with Gasteiger partial charge in [0.15, 0.2) is 0 Å². The van der Waals surface area contributed by atoms with Crippen LogP contribution in [0.4, 0.5) is 0 Å². The minimum atomic E-state index is -0.0698. The highest BCUT2D eigenvalue weighted by molar-refractivity contribution is 5.95. The quantitative estimate of drug-likeness (QED) is 0.764. The number of nitrogens with one attached hydrogen (secondary N) is 1. The number of aryl methyl sites for hydroxylation is 2. The first-order chi connectivity index (χ1) is 13.1. The molecule has 0 saturated carbocycles. The normalized spacial score (nSPS) is 15.1. The zero-order valence-corrected chi connectivity index (χ0v) is 15.5. The number of hydrogen-bond acceptors (Lipinski definition) is 3. The molecule has 1 atom stereocenters. The molecule has 4 heteroatoms. The third-order valence-electron chi connectivity index (χ3n) is 4.89. The Morgan fingerprint density at radius 3 is 2.81 bits per heavy atom. The number of carbonyl (C=O) groups excluding carboxylic acids is 1. The number of ether oxygens (including phenoxy) is 1. The molecule has 27 heavy (non-hydrogen) atoms. The van der Waals surface area contributed by atoms with E-state index in [1.54, 1.807) is 6.20 Å². The predicted octanol–water partition coefficient (Wildman–Crippen LogP) is 4.10. The molecule has 0 saturated heterocycles. The predicted molar refractivity (Wildman–Crippen MR) is 106 cm³/mol.